The van der Waals surface area contributed by atoms with Crippen LogP contribution in [0.1, 0.15) is 30.0 Å². The van der Waals surface area contributed by atoms with E-state index >= 15 is 0 Å². The molecule has 2 nitrogen and oxygen atoms in total. The molecule has 0 bridgehead atoms. The van der Waals surface area contributed by atoms with E-state index in [4.69, 9.17) is 4.74 Å². The summed E-state index contributed by atoms with van der Waals surface area (Å²) in [4.78, 5) is 0. The van der Waals surface area contributed by atoms with Crippen LogP contribution in [0.2, 0.25) is 0 Å². The first-order valence-electron chi connectivity index (χ1n) is 7.77. The second kappa shape index (κ2) is 8.48. The van der Waals surface area contributed by atoms with Gasteiger partial charge in [0.05, 0.1) is 0 Å². The minimum Gasteiger partial charge on any atom is -0.489 e. The molecular weight excluding hydrogens is 258 g/mol. The second-order valence-electron chi connectivity index (χ2n) is 5.32. The van der Waals surface area contributed by atoms with Gasteiger partial charge in [0.15, 0.2) is 0 Å². The van der Waals surface area contributed by atoms with Crippen LogP contribution in [0.25, 0.3) is 0 Å². The van der Waals surface area contributed by atoms with Crippen LogP contribution in [0.3, 0.4) is 0 Å². The fraction of sp³-hybridized carbons (Fsp3) is 0.368. The molecule has 0 amide bonds. The van der Waals surface area contributed by atoms with E-state index in [1.807, 2.05) is 18.2 Å². The average Bonchev–Trinajstić information content (AvgIpc) is 2.52. The Hall–Kier alpha value is -1.80. The molecule has 0 radical (unpaired) electrons. The normalized spacial score (nSPS) is 10.6. The van der Waals surface area contributed by atoms with Crippen LogP contribution in [-0.4, -0.2) is 13.1 Å². The van der Waals surface area contributed by atoms with E-state index < -0.39 is 0 Å². The quantitative estimate of drug-likeness (QED) is 0.736. The number of rotatable bonds is 8. The van der Waals surface area contributed by atoms with Gasteiger partial charge in [0.25, 0.3) is 0 Å². The van der Waals surface area contributed by atoms with E-state index in [9.17, 15) is 0 Å². The van der Waals surface area contributed by atoms with Gasteiger partial charge in [-0.15, -0.1) is 0 Å². The van der Waals surface area contributed by atoms with Gasteiger partial charge < -0.3 is 10.1 Å². The van der Waals surface area contributed by atoms with Crippen molar-refractivity contribution in [1.82, 2.24) is 5.32 Å². The van der Waals surface area contributed by atoms with Crippen molar-refractivity contribution in [2.24, 2.45) is 0 Å². The third-order valence-electron chi connectivity index (χ3n) is 3.59. The number of nitrogens with one attached hydrogen (secondary N) is 1. The fourth-order valence-corrected chi connectivity index (χ4v) is 2.34. The minimum atomic E-state index is 0.634. The summed E-state index contributed by atoms with van der Waals surface area (Å²) in [6.45, 7) is 7.01. The van der Waals surface area contributed by atoms with Gasteiger partial charge in [0.2, 0.25) is 0 Å². The van der Waals surface area contributed by atoms with Crippen LogP contribution < -0.4 is 10.1 Å². The number of benzene rings is 2. The molecular formula is C19H25NO. The molecule has 1 N–H and O–H groups in total. The van der Waals surface area contributed by atoms with Gasteiger partial charge in [0, 0.05) is 0 Å². The standard InChI is InChI=1S/C19H25NO/c1-3-13-20-14-12-17-9-5-6-10-18(17)15-21-19-11-7-4-8-16(19)2/h4-11,20H,3,12-15H2,1-2H3. The van der Waals surface area contributed by atoms with Gasteiger partial charge in [-0.2, -0.15) is 0 Å². The first-order chi connectivity index (χ1) is 10.3. The minimum absolute atomic E-state index is 0.634. The summed E-state index contributed by atoms with van der Waals surface area (Å²) in [7, 11) is 0. The Labute approximate surface area is 128 Å². The van der Waals surface area contributed by atoms with Crippen LogP contribution in [0.15, 0.2) is 48.5 Å². The molecule has 0 atom stereocenters. The number of ether oxygens (including phenoxy) is 1. The lowest BCUT2D eigenvalue weighted by Crippen LogP contribution is -2.18. The summed E-state index contributed by atoms with van der Waals surface area (Å²) >= 11 is 0. The highest BCUT2D eigenvalue weighted by Gasteiger charge is 2.04. The van der Waals surface area contributed by atoms with Crippen molar-refractivity contribution in [2.75, 3.05) is 13.1 Å². The molecule has 0 aliphatic rings. The molecule has 0 heterocycles. The molecule has 2 heteroatoms. The van der Waals surface area contributed by atoms with Gasteiger partial charge in [-0.25, -0.2) is 0 Å². The van der Waals surface area contributed by atoms with Crippen molar-refractivity contribution < 1.29 is 4.74 Å². The monoisotopic (exact) mass is 283 g/mol. The van der Waals surface area contributed by atoms with E-state index in [-0.39, 0.29) is 0 Å². The first kappa shape index (κ1) is 15.6. The predicted octanol–water partition coefficient (Wildman–Crippen LogP) is 4.12. The fourth-order valence-electron chi connectivity index (χ4n) is 2.34. The highest BCUT2D eigenvalue weighted by atomic mass is 16.5. The zero-order chi connectivity index (χ0) is 14.9. The number of hydrogen-bond acceptors (Lipinski definition) is 2. The van der Waals surface area contributed by atoms with Gasteiger partial charge in [0.1, 0.15) is 12.4 Å². The molecule has 0 saturated carbocycles. The van der Waals surface area contributed by atoms with E-state index in [1.165, 1.54) is 23.1 Å². The molecule has 0 aromatic heterocycles. The summed E-state index contributed by atoms with van der Waals surface area (Å²) in [5.74, 6) is 0.969. The SMILES string of the molecule is CCCNCCc1ccccc1COc1ccccc1C. The van der Waals surface area contributed by atoms with Crippen LogP contribution >= 0.6 is 0 Å². The molecule has 0 unspecified atom stereocenters. The number of hydrogen-bond donors (Lipinski definition) is 1. The third kappa shape index (κ3) is 4.91. The largest absolute Gasteiger partial charge is 0.489 e. The molecule has 0 aliphatic carbocycles. The van der Waals surface area contributed by atoms with Crippen molar-refractivity contribution in [1.29, 1.82) is 0 Å². The lowest BCUT2D eigenvalue weighted by Gasteiger charge is -2.13. The lowest BCUT2D eigenvalue weighted by atomic mass is 10.1. The van der Waals surface area contributed by atoms with Crippen LogP contribution in [-0.2, 0) is 13.0 Å². The maximum absolute atomic E-state index is 5.97. The highest BCUT2D eigenvalue weighted by Crippen LogP contribution is 2.19. The molecule has 0 spiro atoms. The zero-order valence-corrected chi connectivity index (χ0v) is 13.1. The summed E-state index contributed by atoms with van der Waals surface area (Å²) in [5, 5.41) is 3.45. The average molecular weight is 283 g/mol. The Morgan fingerprint density at radius 1 is 0.905 bits per heavy atom. The maximum Gasteiger partial charge on any atom is 0.122 e. The maximum atomic E-state index is 5.97. The highest BCUT2D eigenvalue weighted by molar-refractivity contribution is 5.33. The molecule has 2 aromatic carbocycles. The molecule has 2 aromatic rings. The van der Waals surface area contributed by atoms with Gasteiger partial charge in [-0.3, -0.25) is 0 Å². The Balaban J connectivity index is 1.95. The summed E-state index contributed by atoms with van der Waals surface area (Å²) in [6.07, 6.45) is 2.23. The Morgan fingerprint density at radius 3 is 2.38 bits per heavy atom. The van der Waals surface area contributed by atoms with Gasteiger partial charge in [-0.1, -0.05) is 49.4 Å². The van der Waals surface area contributed by atoms with E-state index in [2.05, 4.69) is 49.5 Å². The predicted molar refractivity (Wildman–Crippen MR) is 88.8 cm³/mol. The zero-order valence-electron chi connectivity index (χ0n) is 13.1. The van der Waals surface area contributed by atoms with Crippen LogP contribution in [0.5, 0.6) is 5.75 Å². The van der Waals surface area contributed by atoms with E-state index in [0.29, 0.717) is 6.61 Å². The number of para-hydroxylation sites is 1. The number of aryl methyl sites for hydroxylation is 1. The van der Waals surface area contributed by atoms with Crippen LogP contribution in [0.4, 0.5) is 0 Å². The van der Waals surface area contributed by atoms with Crippen molar-refractivity contribution in [3.8, 4) is 5.75 Å². The van der Waals surface area contributed by atoms with E-state index in [1.54, 1.807) is 0 Å². The van der Waals surface area contributed by atoms with Crippen molar-refractivity contribution in [2.45, 2.75) is 33.3 Å². The first-order valence-corrected chi connectivity index (χ1v) is 7.77. The Morgan fingerprint density at radius 2 is 1.62 bits per heavy atom. The molecule has 21 heavy (non-hydrogen) atoms. The topological polar surface area (TPSA) is 21.3 Å². The lowest BCUT2D eigenvalue weighted by molar-refractivity contribution is 0.303. The second-order valence-corrected chi connectivity index (χ2v) is 5.32. The Bertz CT molecular complexity index is 551. The van der Waals surface area contributed by atoms with Crippen LogP contribution in [0, 0.1) is 6.92 Å². The van der Waals surface area contributed by atoms with Gasteiger partial charge >= 0.3 is 0 Å². The molecule has 0 saturated heterocycles. The summed E-state index contributed by atoms with van der Waals surface area (Å²) in [6, 6.07) is 16.7. The summed E-state index contributed by atoms with van der Waals surface area (Å²) in [5.41, 5.74) is 3.83. The summed E-state index contributed by atoms with van der Waals surface area (Å²) < 4.78 is 5.97. The van der Waals surface area contributed by atoms with Gasteiger partial charge in [-0.05, 0) is 55.6 Å². The van der Waals surface area contributed by atoms with Crippen molar-refractivity contribution in [3.05, 3.63) is 65.2 Å². The smallest absolute Gasteiger partial charge is 0.122 e. The molecule has 2 rings (SSSR count). The van der Waals surface area contributed by atoms with Crippen molar-refractivity contribution in [3.63, 3.8) is 0 Å². The van der Waals surface area contributed by atoms with E-state index in [0.717, 1.165) is 25.3 Å². The van der Waals surface area contributed by atoms with Crippen molar-refractivity contribution >= 4 is 0 Å². The molecule has 0 fully saturated rings. The Kier molecular flexibility index (Phi) is 6.29. The molecule has 0 aliphatic heterocycles. The third-order valence-corrected chi connectivity index (χ3v) is 3.59. The molecule has 112 valence electrons.